The molecule has 2 heteroatoms. The fourth-order valence-corrected chi connectivity index (χ4v) is 0.789. The van der Waals surface area contributed by atoms with Gasteiger partial charge in [-0.1, -0.05) is 15.9 Å². The Labute approximate surface area is 62.1 Å². The van der Waals surface area contributed by atoms with Gasteiger partial charge in [-0.25, -0.2) is 0 Å². The average Bonchev–Trinajstić information content (AvgIpc) is 1.90. The lowest BCUT2D eigenvalue weighted by Crippen LogP contribution is -1.69. The van der Waals surface area contributed by atoms with Crippen molar-refractivity contribution >= 4 is 15.9 Å². The summed E-state index contributed by atoms with van der Waals surface area (Å²) in [5.74, 6) is 0. The van der Waals surface area contributed by atoms with Gasteiger partial charge in [0.1, 0.15) is 0 Å². The second kappa shape index (κ2) is 2.65. The largest absolute Gasteiger partial charge is 0.192 e. The molecule has 1 aromatic rings. The fourth-order valence-electron chi connectivity index (χ4n) is 0.524. The van der Waals surface area contributed by atoms with Crippen molar-refractivity contribution in [3.63, 3.8) is 0 Å². The van der Waals surface area contributed by atoms with E-state index in [1.165, 1.54) is 0 Å². The van der Waals surface area contributed by atoms with Crippen molar-refractivity contribution in [1.29, 1.82) is 5.26 Å². The Morgan fingerprint density at radius 2 is 1.78 bits per heavy atom. The summed E-state index contributed by atoms with van der Waals surface area (Å²) in [4.78, 5) is 0. The minimum Gasteiger partial charge on any atom is -0.192 e. The van der Waals surface area contributed by atoms with E-state index in [2.05, 4.69) is 15.9 Å². The van der Waals surface area contributed by atoms with Gasteiger partial charge in [-0.3, -0.25) is 0 Å². The lowest BCUT2D eigenvalue weighted by molar-refractivity contribution is 1.48. The van der Waals surface area contributed by atoms with E-state index in [1.807, 2.05) is 18.2 Å². The van der Waals surface area contributed by atoms with Gasteiger partial charge in [-0.15, -0.1) is 0 Å². The second-order valence-electron chi connectivity index (χ2n) is 1.62. The molecular formula is C7H4BrN. The predicted octanol–water partition coefficient (Wildman–Crippen LogP) is 2.32. The number of benzene rings is 1. The summed E-state index contributed by atoms with van der Waals surface area (Å²) in [7, 11) is 0. The van der Waals surface area contributed by atoms with Crippen molar-refractivity contribution in [2.45, 2.75) is 0 Å². The van der Waals surface area contributed by atoms with Gasteiger partial charge in [0, 0.05) is 4.47 Å². The molecule has 0 atom stereocenters. The molecule has 0 aliphatic carbocycles. The van der Waals surface area contributed by atoms with Gasteiger partial charge in [0.2, 0.25) is 0 Å². The molecule has 9 heavy (non-hydrogen) atoms. The maximum atomic E-state index is 8.36. The molecule has 0 heterocycles. The zero-order valence-electron chi connectivity index (χ0n) is 4.63. The molecule has 0 aliphatic heterocycles. The lowest BCUT2D eigenvalue weighted by Gasteiger charge is -1.86. The Hall–Kier alpha value is -0.810. The monoisotopic (exact) mass is 183 g/mol. The fraction of sp³-hybridized carbons (Fsp3) is 0. The Bertz CT molecular complexity index is 232. The van der Waals surface area contributed by atoms with Gasteiger partial charge in [0.15, 0.2) is 0 Å². The first-order valence-electron chi connectivity index (χ1n) is 2.48. The second-order valence-corrected chi connectivity index (χ2v) is 2.53. The lowest BCUT2D eigenvalue weighted by atomic mass is 10.3. The summed E-state index contributed by atoms with van der Waals surface area (Å²) < 4.78 is 1.00. The molecule has 0 saturated carbocycles. The molecule has 0 unspecified atom stereocenters. The maximum Gasteiger partial charge on any atom is 0.0991 e. The summed E-state index contributed by atoms with van der Waals surface area (Å²) in [6.45, 7) is 0. The first-order chi connectivity index (χ1) is 4.33. The van der Waals surface area contributed by atoms with Crippen LogP contribution in [0.5, 0.6) is 0 Å². The highest BCUT2D eigenvalue weighted by molar-refractivity contribution is 9.10. The number of hydrogen-bond donors (Lipinski definition) is 0. The summed E-state index contributed by atoms with van der Waals surface area (Å²) in [5, 5.41) is 8.36. The standard InChI is InChI=1S/C7H4BrN/c8-7-3-1-6(5-9)2-4-7/h1-4H/i5+2. The van der Waals surface area contributed by atoms with Gasteiger partial charge in [0.05, 0.1) is 11.6 Å². The van der Waals surface area contributed by atoms with E-state index in [0.29, 0.717) is 5.56 Å². The Kier molecular flexibility index (Phi) is 1.86. The van der Waals surface area contributed by atoms with Crippen molar-refractivity contribution in [3.05, 3.63) is 34.3 Å². The highest BCUT2D eigenvalue weighted by atomic mass is 79.9. The van der Waals surface area contributed by atoms with Crippen LogP contribution in [0, 0.1) is 11.3 Å². The Balaban J connectivity index is 3.06. The van der Waals surface area contributed by atoms with Gasteiger partial charge < -0.3 is 0 Å². The van der Waals surface area contributed by atoms with E-state index in [4.69, 9.17) is 5.26 Å². The van der Waals surface area contributed by atoms with Crippen LogP contribution in [0.1, 0.15) is 5.56 Å². The van der Waals surface area contributed by atoms with Crippen LogP contribution in [0.3, 0.4) is 0 Å². The molecular weight excluding hydrogens is 180 g/mol. The van der Waals surface area contributed by atoms with Crippen LogP contribution in [0.2, 0.25) is 0 Å². The van der Waals surface area contributed by atoms with Crippen molar-refractivity contribution in [2.75, 3.05) is 0 Å². The van der Waals surface area contributed by atoms with Crippen LogP contribution in [-0.4, -0.2) is 0 Å². The highest BCUT2D eigenvalue weighted by Crippen LogP contribution is 2.08. The molecule has 0 amide bonds. The van der Waals surface area contributed by atoms with E-state index in [0.717, 1.165) is 4.47 Å². The summed E-state index contributed by atoms with van der Waals surface area (Å²) >= 11 is 3.27. The van der Waals surface area contributed by atoms with E-state index >= 15 is 0 Å². The van der Waals surface area contributed by atoms with Crippen LogP contribution >= 0.6 is 15.9 Å². The van der Waals surface area contributed by atoms with Crippen molar-refractivity contribution in [3.8, 4) is 6.07 Å². The van der Waals surface area contributed by atoms with Crippen molar-refractivity contribution in [2.24, 2.45) is 0 Å². The summed E-state index contributed by atoms with van der Waals surface area (Å²) in [6.07, 6.45) is 0. The summed E-state index contributed by atoms with van der Waals surface area (Å²) in [6, 6.07) is 9.26. The molecule has 0 fully saturated rings. The molecule has 44 valence electrons. The maximum absolute atomic E-state index is 8.36. The van der Waals surface area contributed by atoms with Crippen molar-refractivity contribution in [1.82, 2.24) is 0 Å². The quantitative estimate of drug-likeness (QED) is 0.606. The molecule has 0 saturated heterocycles. The van der Waals surface area contributed by atoms with Gasteiger partial charge >= 0.3 is 0 Å². The third kappa shape index (κ3) is 1.55. The molecule has 0 spiro atoms. The normalized spacial score (nSPS) is 8.44. The number of halogens is 1. The number of hydrogen-bond acceptors (Lipinski definition) is 1. The number of nitrogens with zero attached hydrogens (tertiary/aromatic N) is 1. The van der Waals surface area contributed by atoms with Crippen LogP contribution in [-0.2, 0) is 0 Å². The first kappa shape index (κ1) is 6.31. The Morgan fingerprint density at radius 3 is 2.22 bits per heavy atom. The molecule has 1 nitrogen and oxygen atoms in total. The molecule has 1 aromatic carbocycles. The zero-order valence-corrected chi connectivity index (χ0v) is 6.22. The predicted molar refractivity (Wildman–Crippen MR) is 38.9 cm³/mol. The Morgan fingerprint density at radius 1 is 1.22 bits per heavy atom. The zero-order chi connectivity index (χ0) is 6.69. The third-order valence-electron chi connectivity index (χ3n) is 0.973. The smallest absolute Gasteiger partial charge is 0.0991 e. The SMILES string of the molecule is N#[14C]c1ccc(Br)cc1. The van der Waals surface area contributed by atoms with E-state index < -0.39 is 0 Å². The molecule has 0 bridgehead atoms. The highest BCUT2D eigenvalue weighted by Gasteiger charge is 1.86. The van der Waals surface area contributed by atoms with E-state index in [1.54, 1.807) is 12.1 Å². The third-order valence-corrected chi connectivity index (χ3v) is 1.50. The molecule has 0 radical (unpaired) electrons. The first-order valence-corrected chi connectivity index (χ1v) is 3.28. The van der Waals surface area contributed by atoms with E-state index in [9.17, 15) is 0 Å². The molecule has 1 rings (SSSR count). The van der Waals surface area contributed by atoms with Gasteiger partial charge in [0.25, 0.3) is 0 Å². The minimum absolute atomic E-state index is 0.693. The molecule has 0 aromatic heterocycles. The van der Waals surface area contributed by atoms with E-state index in [-0.39, 0.29) is 0 Å². The number of nitriles is 1. The van der Waals surface area contributed by atoms with Crippen LogP contribution in [0.25, 0.3) is 0 Å². The topological polar surface area (TPSA) is 23.8 Å². The minimum atomic E-state index is 0.693. The van der Waals surface area contributed by atoms with Crippen molar-refractivity contribution < 1.29 is 0 Å². The van der Waals surface area contributed by atoms with Crippen LogP contribution in [0.4, 0.5) is 0 Å². The van der Waals surface area contributed by atoms with Gasteiger partial charge in [-0.05, 0) is 24.3 Å². The summed E-state index contributed by atoms with van der Waals surface area (Å²) in [5.41, 5.74) is 0.693. The average molecular weight is 184 g/mol. The number of rotatable bonds is 0. The molecule has 0 aliphatic rings. The van der Waals surface area contributed by atoms with Crippen LogP contribution in [0.15, 0.2) is 28.7 Å². The molecule has 0 N–H and O–H groups in total. The van der Waals surface area contributed by atoms with Gasteiger partial charge in [-0.2, -0.15) is 5.26 Å². The van der Waals surface area contributed by atoms with Crippen LogP contribution < -0.4 is 0 Å².